The van der Waals surface area contributed by atoms with E-state index in [1.54, 1.807) is 13.8 Å². The Labute approximate surface area is 78.3 Å². The van der Waals surface area contributed by atoms with Crippen molar-refractivity contribution in [2.75, 3.05) is 0 Å². The van der Waals surface area contributed by atoms with Gasteiger partial charge in [0.1, 0.15) is 0 Å². The predicted molar refractivity (Wildman–Crippen MR) is 37.3 cm³/mol. The summed E-state index contributed by atoms with van der Waals surface area (Å²) in [4.78, 5) is 0. The molecule has 6 heteroatoms. The van der Waals surface area contributed by atoms with E-state index in [9.17, 15) is 8.42 Å². The molecule has 2 N–H and O–H groups in total. The first-order chi connectivity index (χ1) is 3.13. The molecule has 0 unspecified atom stereocenters. The summed E-state index contributed by atoms with van der Waals surface area (Å²) in [6.45, 7) is 3.32. The van der Waals surface area contributed by atoms with Crippen molar-refractivity contribution < 1.29 is 18.1 Å². The van der Waals surface area contributed by atoms with Gasteiger partial charge in [-0.05, 0) is 13.8 Å². The van der Waals surface area contributed by atoms with E-state index in [0.29, 0.717) is 0 Å². The van der Waals surface area contributed by atoms with Crippen LogP contribution in [0.2, 0.25) is 0 Å². The summed E-state index contributed by atoms with van der Waals surface area (Å²) in [7, 11) is -2.64. The topological polar surface area (TPSA) is 74.9 Å². The molecule has 0 bridgehead atoms. The fourth-order valence-corrected chi connectivity index (χ4v) is 0.516. The number of hydrogen-bond acceptors (Lipinski definition) is 3. The van der Waals surface area contributed by atoms with Gasteiger partial charge in [-0.15, -0.1) is 0 Å². The third-order valence-corrected chi connectivity index (χ3v) is 0.891. The van der Waals surface area contributed by atoms with Crippen LogP contribution in [0.4, 0.5) is 0 Å². The summed E-state index contributed by atoms with van der Waals surface area (Å²) in [6.07, 6.45) is -0.221. The second kappa shape index (κ2) is 8.87. The summed E-state index contributed by atoms with van der Waals surface area (Å²) in [6, 6.07) is 0. The van der Waals surface area contributed by atoms with Gasteiger partial charge in [0.2, 0.25) is 0 Å². The minimum absolute atomic E-state index is 0. The summed E-state index contributed by atoms with van der Waals surface area (Å²) >= 11 is 0. The molecule has 0 aromatic heterocycles. The second-order valence-corrected chi connectivity index (χ2v) is 2.04. The van der Waals surface area contributed by atoms with Crippen LogP contribution in [-0.4, -0.2) is 49.6 Å². The zero-order valence-electron chi connectivity index (χ0n) is 4.75. The van der Waals surface area contributed by atoms with E-state index in [1.807, 2.05) is 0 Å². The van der Waals surface area contributed by atoms with Crippen LogP contribution in [0, 0.1) is 0 Å². The van der Waals surface area contributed by atoms with Gasteiger partial charge >= 0.3 is 29.6 Å². The first-order valence-electron chi connectivity index (χ1n) is 1.94. The first-order valence-corrected chi connectivity index (χ1v) is 3.03. The molecule has 0 spiro atoms. The van der Waals surface area contributed by atoms with Crippen molar-refractivity contribution in [2.45, 2.75) is 20.0 Å². The first kappa shape index (κ1) is 16.5. The molecule has 0 aliphatic heterocycles. The molecule has 0 amide bonds. The van der Waals surface area contributed by atoms with Crippen molar-refractivity contribution >= 4 is 40.5 Å². The molecule has 0 saturated carbocycles. The van der Waals surface area contributed by atoms with Crippen LogP contribution >= 0.6 is 0 Å². The van der Waals surface area contributed by atoms with Crippen molar-refractivity contribution in [2.24, 2.45) is 0 Å². The van der Waals surface area contributed by atoms with Crippen LogP contribution in [0.5, 0.6) is 0 Å². The Bertz CT molecular complexity index is 102. The van der Waals surface area contributed by atoms with Crippen LogP contribution in [-0.2, 0) is 15.2 Å². The van der Waals surface area contributed by atoms with Crippen LogP contribution in [0.25, 0.3) is 0 Å². The van der Waals surface area contributed by atoms with Gasteiger partial charge in [0.25, 0.3) is 11.0 Å². The van der Waals surface area contributed by atoms with Crippen molar-refractivity contribution in [3.8, 4) is 0 Å². The van der Waals surface area contributed by atoms with E-state index in [-0.39, 0.29) is 41.1 Å². The Hall–Kier alpha value is 0.870. The molecule has 9 heavy (non-hydrogen) atoms. The molecule has 0 heterocycles. The molecule has 0 radical (unpaired) electrons. The Morgan fingerprint density at radius 3 is 1.67 bits per heavy atom. The number of hydrogen-bond donors (Lipinski definition) is 1. The van der Waals surface area contributed by atoms with E-state index in [4.69, 9.17) is 0 Å². The zero-order chi connectivity index (χ0) is 5.86. The van der Waals surface area contributed by atoms with Gasteiger partial charge in [-0.1, -0.05) is 0 Å². The van der Waals surface area contributed by atoms with Gasteiger partial charge < -0.3 is 5.48 Å². The van der Waals surface area contributed by atoms with Gasteiger partial charge in [-0.2, -0.15) is 0 Å². The molecular weight excluding hydrogens is 155 g/mol. The van der Waals surface area contributed by atoms with Crippen LogP contribution in [0.1, 0.15) is 13.8 Å². The van der Waals surface area contributed by atoms with Gasteiger partial charge in [0.05, 0.1) is 6.10 Å². The molecule has 0 rings (SSSR count). The Morgan fingerprint density at radius 1 is 1.33 bits per heavy atom. The van der Waals surface area contributed by atoms with Crippen molar-refractivity contribution in [1.82, 2.24) is 0 Å². The molecule has 0 aromatic rings. The van der Waals surface area contributed by atoms with E-state index in [2.05, 4.69) is 4.18 Å². The van der Waals surface area contributed by atoms with Crippen molar-refractivity contribution in [3.05, 3.63) is 0 Å². The molecule has 4 nitrogen and oxygen atoms in total. The average molecular weight is 166 g/mol. The average Bonchev–Trinajstić information content (AvgIpc) is 1.27. The normalized spacial score (nSPS) is 8.44. The summed E-state index contributed by atoms with van der Waals surface area (Å²) in [5.74, 6) is 0. The van der Waals surface area contributed by atoms with Gasteiger partial charge in [0, 0.05) is 0 Å². The standard InChI is InChI=1S/C3H8O3S.Na.H2O.H/c1-3(2)6-7(4)5;;;/h3,7H,1-2H3;;1H2;. The molecule has 54 valence electrons. The fraction of sp³-hybridized carbons (Fsp3) is 1.00. The van der Waals surface area contributed by atoms with Crippen LogP contribution in [0.15, 0.2) is 0 Å². The minimum atomic E-state index is -2.64. The molecule has 0 aliphatic rings. The quantitative estimate of drug-likeness (QED) is 0.399. The Balaban J connectivity index is -0.000000180. The second-order valence-electron chi connectivity index (χ2n) is 1.38. The van der Waals surface area contributed by atoms with E-state index in [0.717, 1.165) is 0 Å². The Kier molecular flexibility index (Phi) is 16.2. The monoisotopic (exact) mass is 166 g/mol. The van der Waals surface area contributed by atoms with Crippen molar-refractivity contribution in [1.29, 1.82) is 0 Å². The fourth-order valence-electron chi connectivity index (χ4n) is 0.172. The van der Waals surface area contributed by atoms with Gasteiger partial charge in [-0.3, -0.25) is 4.18 Å². The zero-order valence-corrected chi connectivity index (χ0v) is 5.64. The molecule has 0 aromatic carbocycles. The summed E-state index contributed by atoms with van der Waals surface area (Å²) < 4.78 is 23.5. The maximum absolute atomic E-state index is 9.62. The molecule has 0 fully saturated rings. The molecule has 0 aliphatic carbocycles. The SMILES string of the molecule is CC(C)O[SH](=O)=O.O.[NaH]. The maximum atomic E-state index is 9.62. The van der Waals surface area contributed by atoms with E-state index >= 15 is 0 Å². The van der Waals surface area contributed by atoms with Gasteiger partial charge in [-0.25, -0.2) is 8.42 Å². The third-order valence-electron chi connectivity index (χ3n) is 0.297. The number of rotatable bonds is 2. The van der Waals surface area contributed by atoms with Crippen molar-refractivity contribution in [3.63, 3.8) is 0 Å². The van der Waals surface area contributed by atoms with Gasteiger partial charge in [0.15, 0.2) is 0 Å². The van der Waals surface area contributed by atoms with E-state index in [1.165, 1.54) is 0 Å². The predicted octanol–water partition coefficient (Wildman–Crippen LogP) is -1.54. The molecular formula is C3H11NaO4S. The Morgan fingerprint density at radius 2 is 1.67 bits per heavy atom. The molecule has 0 saturated heterocycles. The van der Waals surface area contributed by atoms with E-state index < -0.39 is 11.0 Å². The van der Waals surface area contributed by atoms with Crippen LogP contribution in [0.3, 0.4) is 0 Å². The summed E-state index contributed by atoms with van der Waals surface area (Å²) in [5, 5.41) is 0. The molecule has 0 atom stereocenters. The number of thiol groups is 1. The van der Waals surface area contributed by atoms with Crippen LogP contribution < -0.4 is 0 Å². The third kappa shape index (κ3) is 17.7. The summed E-state index contributed by atoms with van der Waals surface area (Å²) in [5.41, 5.74) is 0.